The number of likely N-dealkylation sites (N-methyl/N-ethyl adjacent to an activating group) is 1. The van der Waals surface area contributed by atoms with E-state index in [0.29, 0.717) is 27.1 Å². The fraction of sp³-hybridized carbons (Fsp3) is 0.235. The lowest BCUT2D eigenvalue weighted by Crippen LogP contribution is -2.51. The monoisotopic (exact) mass is 367 g/mol. The van der Waals surface area contributed by atoms with Crippen molar-refractivity contribution in [3.63, 3.8) is 0 Å². The molecule has 0 aliphatic rings. The first-order valence-electron chi connectivity index (χ1n) is 7.18. The molecule has 2 rings (SSSR count). The van der Waals surface area contributed by atoms with E-state index in [-0.39, 0.29) is 5.78 Å². The normalized spacial score (nSPS) is 11.8. The third-order valence-corrected chi connectivity index (χ3v) is 4.23. The molecule has 0 spiro atoms. The fourth-order valence-corrected chi connectivity index (χ4v) is 3.15. The Balaban J connectivity index is 2.48. The van der Waals surface area contributed by atoms with Gasteiger partial charge in [0.2, 0.25) is 5.78 Å². The van der Waals surface area contributed by atoms with Gasteiger partial charge in [-0.2, -0.15) is 4.57 Å². The van der Waals surface area contributed by atoms with Crippen LogP contribution in [-0.4, -0.2) is 17.3 Å². The van der Waals surface area contributed by atoms with Crippen molar-refractivity contribution in [3.8, 4) is 0 Å². The predicted octanol–water partition coefficient (Wildman–Crippen LogP) is 3.95. The molecule has 0 amide bonds. The molecule has 1 aromatic heterocycles. The van der Waals surface area contributed by atoms with Crippen LogP contribution in [0, 0.1) is 6.92 Å². The lowest BCUT2D eigenvalue weighted by atomic mass is 10.0. The Labute approximate surface area is 151 Å². The number of thiocarbonyl (C=S) groups is 1. The summed E-state index contributed by atoms with van der Waals surface area (Å²) in [6, 6.07) is 8.03. The highest BCUT2D eigenvalue weighted by atomic mass is 35.5. The van der Waals surface area contributed by atoms with Crippen molar-refractivity contribution in [2.24, 2.45) is 0 Å². The average molecular weight is 368 g/mol. The van der Waals surface area contributed by atoms with Gasteiger partial charge in [0.15, 0.2) is 17.4 Å². The van der Waals surface area contributed by atoms with Gasteiger partial charge in [-0.1, -0.05) is 35.4 Å². The summed E-state index contributed by atoms with van der Waals surface area (Å²) in [5, 5.41) is 3.87. The van der Waals surface area contributed by atoms with Crippen molar-refractivity contribution >= 4 is 46.2 Å². The second-order valence-corrected chi connectivity index (χ2v) is 6.40. The zero-order valence-corrected chi connectivity index (χ0v) is 15.2. The van der Waals surface area contributed by atoms with Crippen LogP contribution in [0.5, 0.6) is 0 Å². The second-order valence-electron chi connectivity index (χ2n) is 5.11. The van der Waals surface area contributed by atoms with Crippen molar-refractivity contribution in [1.82, 2.24) is 5.32 Å². The summed E-state index contributed by atoms with van der Waals surface area (Å²) in [6.45, 7) is 4.54. The molecule has 1 aromatic carbocycles. The molecule has 2 aromatic rings. The van der Waals surface area contributed by atoms with Gasteiger partial charge in [0, 0.05) is 28.8 Å². The average Bonchev–Trinajstić information content (AvgIpc) is 2.47. The van der Waals surface area contributed by atoms with Gasteiger partial charge in [-0.15, -0.1) is 0 Å². The largest absolute Gasteiger partial charge is 0.374 e. The third kappa shape index (κ3) is 4.28. The first-order chi connectivity index (χ1) is 10.9. The summed E-state index contributed by atoms with van der Waals surface area (Å²) in [6.07, 6.45) is 3.71. The van der Waals surface area contributed by atoms with Crippen LogP contribution in [0.4, 0.5) is 0 Å². The molecule has 0 aliphatic heterocycles. The number of carbonyl (C=O) groups is 1. The van der Waals surface area contributed by atoms with E-state index < -0.39 is 6.04 Å². The molecule has 1 heterocycles. The number of ketones is 1. The smallest absolute Gasteiger partial charge is 0.270 e. The van der Waals surface area contributed by atoms with E-state index in [1.54, 1.807) is 22.8 Å². The van der Waals surface area contributed by atoms with Gasteiger partial charge in [-0.3, -0.25) is 4.79 Å². The van der Waals surface area contributed by atoms with Gasteiger partial charge in [0.1, 0.15) is 0 Å². The van der Waals surface area contributed by atoms with Gasteiger partial charge in [-0.25, -0.2) is 0 Å². The van der Waals surface area contributed by atoms with Gasteiger partial charge < -0.3 is 5.32 Å². The summed E-state index contributed by atoms with van der Waals surface area (Å²) in [7, 11) is 0. The van der Waals surface area contributed by atoms with Crippen molar-refractivity contribution < 1.29 is 9.36 Å². The van der Waals surface area contributed by atoms with E-state index in [9.17, 15) is 4.79 Å². The van der Waals surface area contributed by atoms with Crippen LogP contribution in [0.1, 0.15) is 28.9 Å². The number of halogens is 2. The topological polar surface area (TPSA) is 33.0 Å². The van der Waals surface area contributed by atoms with Crippen LogP contribution in [-0.2, 0) is 0 Å². The number of carbonyl (C=O) groups excluding carboxylic acids is 1. The summed E-state index contributed by atoms with van der Waals surface area (Å²) in [4.78, 5) is 13.5. The highest BCUT2D eigenvalue weighted by Crippen LogP contribution is 2.24. The van der Waals surface area contributed by atoms with Gasteiger partial charge >= 0.3 is 0 Å². The number of rotatable bonds is 5. The van der Waals surface area contributed by atoms with E-state index in [1.807, 2.05) is 38.4 Å². The number of Topliss-reactive ketones (excluding diaryl/α,β-unsaturated/α-hetero) is 1. The molecule has 120 valence electrons. The van der Waals surface area contributed by atoms with Crippen LogP contribution in [0.15, 0.2) is 42.7 Å². The summed E-state index contributed by atoms with van der Waals surface area (Å²) >= 11 is 17.5. The SMILES string of the molecule is CCNC(=S)C(C(=O)c1ccc(Cl)cc1Cl)[n+]1cccc(C)c1. The molecule has 0 saturated heterocycles. The maximum Gasteiger partial charge on any atom is 0.270 e. The Hall–Kier alpha value is -1.49. The number of aromatic nitrogens is 1. The lowest BCUT2D eigenvalue weighted by molar-refractivity contribution is -0.692. The Morgan fingerprint density at radius 1 is 1.35 bits per heavy atom. The molecule has 0 bridgehead atoms. The Bertz CT molecular complexity index is 749. The van der Waals surface area contributed by atoms with E-state index in [0.717, 1.165) is 5.56 Å². The highest BCUT2D eigenvalue weighted by Gasteiger charge is 2.34. The first kappa shape index (κ1) is 17.9. The second kappa shape index (κ2) is 7.86. The van der Waals surface area contributed by atoms with Crippen molar-refractivity contribution in [2.75, 3.05) is 6.54 Å². The van der Waals surface area contributed by atoms with Crippen molar-refractivity contribution in [3.05, 3.63) is 63.9 Å². The van der Waals surface area contributed by atoms with Crippen LogP contribution in [0.25, 0.3) is 0 Å². The van der Waals surface area contributed by atoms with Crippen molar-refractivity contribution in [2.45, 2.75) is 19.9 Å². The van der Waals surface area contributed by atoms with Gasteiger partial charge in [0.25, 0.3) is 6.04 Å². The number of aryl methyl sites for hydroxylation is 1. The minimum atomic E-state index is -0.650. The zero-order valence-electron chi connectivity index (χ0n) is 12.8. The Morgan fingerprint density at radius 2 is 2.09 bits per heavy atom. The summed E-state index contributed by atoms with van der Waals surface area (Å²) < 4.78 is 1.80. The van der Waals surface area contributed by atoms with Crippen LogP contribution < -0.4 is 9.88 Å². The predicted molar refractivity (Wildman–Crippen MR) is 97.5 cm³/mol. The molecule has 1 N–H and O–H groups in total. The van der Waals surface area contributed by atoms with Crippen LogP contribution >= 0.6 is 35.4 Å². The fourth-order valence-electron chi connectivity index (χ4n) is 2.27. The molecule has 23 heavy (non-hydrogen) atoms. The van der Waals surface area contributed by atoms with Gasteiger partial charge in [-0.05, 0) is 38.1 Å². The van der Waals surface area contributed by atoms with E-state index in [1.165, 1.54) is 0 Å². The molecule has 1 unspecified atom stereocenters. The minimum Gasteiger partial charge on any atom is -0.374 e. The van der Waals surface area contributed by atoms with Crippen molar-refractivity contribution in [1.29, 1.82) is 0 Å². The first-order valence-corrected chi connectivity index (χ1v) is 8.35. The van der Waals surface area contributed by atoms with E-state index in [2.05, 4.69) is 5.32 Å². The van der Waals surface area contributed by atoms with E-state index in [4.69, 9.17) is 35.4 Å². The molecule has 0 radical (unpaired) electrons. The Morgan fingerprint density at radius 3 is 2.70 bits per heavy atom. The number of hydrogen-bond acceptors (Lipinski definition) is 2. The van der Waals surface area contributed by atoms with Crippen LogP contribution in [0.2, 0.25) is 10.0 Å². The standard InChI is InChI=1S/C17H16Cl2N2OS/c1-3-20-17(23)15(21-8-4-5-11(2)10-21)16(22)13-7-6-12(18)9-14(13)19/h4-10,15H,3H2,1-2H3/p+1. The van der Waals surface area contributed by atoms with E-state index >= 15 is 0 Å². The highest BCUT2D eigenvalue weighted by molar-refractivity contribution is 7.80. The van der Waals surface area contributed by atoms with Gasteiger partial charge in [0.05, 0.1) is 5.02 Å². The number of benzene rings is 1. The number of nitrogens with one attached hydrogen (secondary N) is 1. The number of hydrogen-bond donors (Lipinski definition) is 1. The minimum absolute atomic E-state index is 0.173. The molecule has 6 heteroatoms. The third-order valence-electron chi connectivity index (χ3n) is 3.31. The molecule has 1 atom stereocenters. The van der Waals surface area contributed by atoms with Crippen LogP contribution in [0.3, 0.4) is 0 Å². The lowest BCUT2D eigenvalue weighted by Gasteiger charge is -2.15. The molecule has 0 fully saturated rings. The molecule has 0 saturated carbocycles. The quantitative estimate of drug-likeness (QED) is 0.493. The molecular weight excluding hydrogens is 351 g/mol. The molecule has 0 aliphatic carbocycles. The zero-order chi connectivity index (χ0) is 17.0. The number of nitrogens with zero attached hydrogens (tertiary/aromatic N) is 1. The molecule has 3 nitrogen and oxygen atoms in total. The maximum absolute atomic E-state index is 13.0. The summed E-state index contributed by atoms with van der Waals surface area (Å²) in [5.41, 5.74) is 1.43. The molecular formula is C17H17Cl2N2OS+. The Kier molecular flexibility index (Phi) is 6.10. The number of pyridine rings is 1. The summed E-state index contributed by atoms with van der Waals surface area (Å²) in [5.74, 6) is -0.173. The maximum atomic E-state index is 13.0.